The zero-order chi connectivity index (χ0) is 30.4. The van der Waals surface area contributed by atoms with Crippen LogP contribution >= 0.6 is 15.9 Å². The van der Waals surface area contributed by atoms with Crippen molar-refractivity contribution >= 4 is 45.5 Å². The molecule has 11 heteroatoms. The second kappa shape index (κ2) is 11.7. The van der Waals surface area contributed by atoms with Crippen molar-refractivity contribution in [2.75, 3.05) is 26.2 Å². The summed E-state index contributed by atoms with van der Waals surface area (Å²) in [5.41, 5.74) is 2.26. The molecule has 3 unspecified atom stereocenters. The number of likely N-dealkylation sites (tertiary alicyclic amines) is 1. The second-order valence-corrected chi connectivity index (χ2v) is 12.7. The van der Waals surface area contributed by atoms with Gasteiger partial charge in [-0.25, -0.2) is 0 Å². The fourth-order valence-corrected chi connectivity index (χ4v) is 7.68. The minimum absolute atomic E-state index is 0.0234. The lowest BCUT2D eigenvalue weighted by Gasteiger charge is -2.43. The predicted octanol–water partition coefficient (Wildman–Crippen LogP) is 4.06. The first-order valence-corrected chi connectivity index (χ1v) is 15.7. The number of hydrogen-bond acceptors (Lipinski definition) is 6. The molecule has 2 aromatic carbocycles. The van der Waals surface area contributed by atoms with Crippen molar-refractivity contribution in [1.29, 1.82) is 0 Å². The molecule has 2 aromatic rings. The molecule has 0 radical (unpaired) electrons. The lowest BCUT2D eigenvalue weighted by atomic mass is 9.77. The van der Waals surface area contributed by atoms with E-state index in [1.165, 1.54) is 11.8 Å². The summed E-state index contributed by atoms with van der Waals surface area (Å²) in [6.45, 7) is 2.77. The first-order valence-electron chi connectivity index (χ1n) is 14.9. The highest BCUT2D eigenvalue weighted by molar-refractivity contribution is 9.10. The van der Waals surface area contributed by atoms with Crippen LogP contribution in [0.1, 0.15) is 76.9 Å². The van der Waals surface area contributed by atoms with Crippen LogP contribution in [0.5, 0.6) is 5.75 Å². The Kier molecular flexibility index (Phi) is 8.02. The summed E-state index contributed by atoms with van der Waals surface area (Å²) >= 11 is 3.67. The molecule has 10 nitrogen and oxygen atoms in total. The Bertz CT molecular complexity index is 1470. The number of fused-ring (bicyclic) bond motifs is 2. The zero-order valence-corrected chi connectivity index (χ0v) is 25.5. The Labute approximate surface area is 258 Å². The number of aliphatic carboxylic acids is 1. The van der Waals surface area contributed by atoms with E-state index in [0.717, 1.165) is 22.9 Å². The molecule has 1 aliphatic carbocycles. The van der Waals surface area contributed by atoms with E-state index in [0.29, 0.717) is 67.8 Å². The molecule has 3 aliphatic heterocycles. The van der Waals surface area contributed by atoms with E-state index in [9.17, 15) is 29.1 Å². The van der Waals surface area contributed by atoms with Gasteiger partial charge < -0.3 is 19.6 Å². The minimum Gasteiger partial charge on any atom is -0.488 e. The summed E-state index contributed by atoms with van der Waals surface area (Å²) < 4.78 is 7.34. The number of imide groups is 1. The zero-order valence-electron chi connectivity index (χ0n) is 24.0. The van der Waals surface area contributed by atoms with Crippen LogP contribution < -0.4 is 4.74 Å². The number of carbonyl (C=O) groups is 5. The fraction of sp³-hybridized carbons (Fsp3) is 0.469. The maximum absolute atomic E-state index is 14.3. The van der Waals surface area contributed by atoms with Crippen LogP contribution in [0.15, 0.2) is 40.9 Å². The van der Waals surface area contributed by atoms with Crippen molar-refractivity contribution in [3.63, 3.8) is 0 Å². The van der Waals surface area contributed by atoms with E-state index in [-0.39, 0.29) is 24.5 Å². The Hall–Kier alpha value is -3.73. The third-order valence-electron chi connectivity index (χ3n) is 9.37. The van der Waals surface area contributed by atoms with Gasteiger partial charge >= 0.3 is 5.97 Å². The SMILES string of the molecule is CC(=O)N1CCC(Oc2ccc(Br)c3c2[C@@H](CN2C(=O)c4ccccc4C2=O)N(C(=O)C2CCCCC2C(=O)O)CC3)C1. The molecule has 3 heterocycles. The lowest BCUT2D eigenvalue weighted by Crippen LogP contribution is -2.50. The number of carboxylic acid groups (broad SMARTS) is 1. The Balaban J connectivity index is 1.40. The summed E-state index contributed by atoms with van der Waals surface area (Å²) in [6.07, 6.45) is 3.32. The van der Waals surface area contributed by atoms with Gasteiger partial charge in [0.2, 0.25) is 11.8 Å². The van der Waals surface area contributed by atoms with Gasteiger partial charge in [-0.05, 0) is 49.1 Å². The maximum Gasteiger partial charge on any atom is 0.307 e. The highest BCUT2D eigenvalue weighted by Crippen LogP contribution is 2.44. The lowest BCUT2D eigenvalue weighted by molar-refractivity contribution is -0.153. The highest BCUT2D eigenvalue weighted by Gasteiger charge is 2.45. The molecular formula is C32H34BrN3O7. The van der Waals surface area contributed by atoms with E-state index in [1.54, 1.807) is 34.1 Å². The molecule has 1 N–H and O–H groups in total. The summed E-state index contributed by atoms with van der Waals surface area (Å²) in [5, 5.41) is 9.96. The van der Waals surface area contributed by atoms with Crippen molar-refractivity contribution in [2.24, 2.45) is 11.8 Å². The van der Waals surface area contributed by atoms with Gasteiger partial charge in [0.25, 0.3) is 11.8 Å². The van der Waals surface area contributed by atoms with Crippen LogP contribution in [0.3, 0.4) is 0 Å². The van der Waals surface area contributed by atoms with Crippen molar-refractivity contribution in [2.45, 2.75) is 57.6 Å². The van der Waals surface area contributed by atoms with Gasteiger partial charge in [0.05, 0.1) is 42.1 Å². The number of benzene rings is 2. The average Bonchev–Trinajstić information content (AvgIpc) is 3.57. The number of hydrogen-bond donors (Lipinski definition) is 1. The molecule has 4 atom stereocenters. The van der Waals surface area contributed by atoms with Crippen LogP contribution in [-0.2, 0) is 20.8 Å². The summed E-state index contributed by atoms with van der Waals surface area (Å²) in [4.78, 5) is 70.0. The van der Waals surface area contributed by atoms with Gasteiger partial charge in [0, 0.05) is 36.5 Å². The van der Waals surface area contributed by atoms with Crippen LogP contribution in [0.25, 0.3) is 0 Å². The number of halogens is 1. The summed E-state index contributed by atoms with van der Waals surface area (Å²) in [7, 11) is 0. The van der Waals surface area contributed by atoms with Crippen molar-refractivity contribution < 1.29 is 33.8 Å². The van der Waals surface area contributed by atoms with Crippen LogP contribution in [0, 0.1) is 11.8 Å². The van der Waals surface area contributed by atoms with E-state index in [2.05, 4.69) is 15.9 Å². The molecule has 0 bridgehead atoms. The summed E-state index contributed by atoms with van der Waals surface area (Å²) in [6, 6.07) is 9.64. The number of carbonyl (C=O) groups excluding carboxylic acids is 4. The van der Waals surface area contributed by atoms with Crippen molar-refractivity contribution in [3.8, 4) is 5.75 Å². The number of nitrogens with zero attached hydrogens (tertiary/aromatic N) is 3. The number of carboxylic acids is 1. The van der Waals surface area contributed by atoms with E-state index in [1.807, 2.05) is 12.1 Å². The Morgan fingerprint density at radius 3 is 2.26 bits per heavy atom. The standard InChI is InChI=1S/C32H34BrN3O7/c1-18(37)34-14-12-19(16-34)43-27-11-10-25(33)24-13-15-35(29(38)22-8-4-5-9-23(22)32(41)42)26(28(24)27)17-36-30(39)20-6-2-3-7-21(20)31(36)40/h2-3,6-7,10-11,19,22-23,26H,4-5,8-9,12-17H2,1H3,(H,41,42)/t19?,22?,23?,26-/m1/s1. The molecule has 4 amide bonds. The quantitative estimate of drug-likeness (QED) is 0.467. The molecule has 1 saturated heterocycles. The number of rotatable bonds is 6. The van der Waals surface area contributed by atoms with E-state index < -0.39 is 35.7 Å². The number of amides is 4. The van der Waals surface area contributed by atoms with Crippen molar-refractivity contribution in [1.82, 2.24) is 14.7 Å². The molecule has 0 spiro atoms. The average molecular weight is 653 g/mol. The van der Waals surface area contributed by atoms with Crippen molar-refractivity contribution in [3.05, 3.63) is 63.1 Å². The van der Waals surface area contributed by atoms with Gasteiger partial charge in [0.15, 0.2) is 0 Å². The van der Waals surface area contributed by atoms with Gasteiger partial charge in [-0.2, -0.15) is 0 Å². The van der Waals surface area contributed by atoms with Gasteiger partial charge in [0.1, 0.15) is 11.9 Å². The molecule has 1 saturated carbocycles. The molecule has 6 rings (SSSR count). The molecule has 43 heavy (non-hydrogen) atoms. The maximum atomic E-state index is 14.3. The molecule has 226 valence electrons. The Morgan fingerprint density at radius 1 is 0.953 bits per heavy atom. The fourth-order valence-electron chi connectivity index (χ4n) is 7.14. The van der Waals surface area contributed by atoms with Gasteiger partial charge in [-0.3, -0.25) is 28.9 Å². The van der Waals surface area contributed by atoms with Crippen LogP contribution in [0.2, 0.25) is 0 Å². The van der Waals surface area contributed by atoms with Gasteiger partial charge in [-0.15, -0.1) is 0 Å². The predicted molar refractivity (Wildman–Crippen MR) is 158 cm³/mol. The first kappa shape index (κ1) is 29.3. The van der Waals surface area contributed by atoms with E-state index in [4.69, 9.17) is 4.74 Å². The Morgan fingerprint density at radius 2 is 1.63 bits per heavy atom. The van der Waals surface area contributed by atoms with Gasteiger partial charge in [-0.1, -0.05) is 40.9 Å². The van der Waals surface area contributed by atoms with E-state index >= 15 is 0 Å². The topological polar surface area (TPSA) is 125 Å². The molecular weight excluding hydrogens is 618 g/mol. The summed E-state index contributed by atoms with van der Waals surface area (Å²) in [5.74, 6) is -3.05. The third kappa shape index (κ3) is 5.32. The van der Waals surface area contributed by atoms with Crippen LogP contribution in [-0.4, -0.2) is 81.7 Å². The smallest absolute Gasteiger partial charge is 0.307 e. The second-order valence-electron chi connectivity index (χ2n) is 11.8. The van der Waals surface area contributed by atoms with Crippen LogP contribution in [0.4, 0.5) is 0 Å². The largest absolute Gasteiger partial charge is 0.488 e. The highest BCUT2D eigenvalue weighted by atomic mass is 79.9. The number of ether oxygens (including phenoxy) is 1. The third-order valence-corrected chi connectivity index (χ3v) is 10.1. The minimum atomic E-state index is -0.976. The monoisotopic (exact) mass is 651 g/mol. The normalized spacial score (nSPS) is 25.0. The molecule has 0 aromatic heterocycles. The molecule has 4 aliphatic rings. The molecule has 2 fully saturated rings. The first-order chi connectivity index (χ1) is 20.7.